The molecular weight excluding hydrogens is 232 g/mol. The number of hydrogen-bond donors (Lipinski definition) is 1. The lowest BCUT2D eigenvalue weighted by atomic mass is 10.2. The van der Waals surface area contributed by atoms with Crippen molar-refractivity contribution in [3.63, 3.8) is 0 Å². The molecule has 0 bridgehead atoms. The molecule has 0 aliphatic heterocycles. The second kappa shape index (κ2) is 5.84. The van der Waals surface area contributed by atoms with E-state index < -0.39 is 0 Å². The third-order valence-electron chi connectivity index (χ3n) is 2.23. The lowest BCUT2D eigenvalue weighted by molar-refractivity contribution is 0.548. The van der Waals surface area contributed by atoms with Crippen LogP contribution in [0.3, 0.4) is 0 Å². The van der Waals surface area contributed by atoms with Crippen molar-refractivity contribution < 1.29 is 0 Å². The van der Waals surface area contributed by atoms with Crippen LogP contribution in [0.2, 0.25) is 0 Å². The summed E-state index contributed by atoms with van der Waals surface area (Å²) in [6.45, 7) is 6.15. The van der Waals surface area contributed by atoms with Crippen LogP contribution in [-0.2, 0) is 6.54 Å². The van der Waals surface area contributed by atoms with Crippen molar-refractivity contribution in [2.24, 2.45) is 5.92 Å². The van der Waals surface area contributed by atoms with Crippen LogP contribution in [0.25, 0.3) is 11.5 Å². The van der Waals surface area contributed by atoms with Gasteiger partial charge in [-0.15, -0.1) is 11.3 Å². The average molecular weight is 248 g/mol. The lowest BCUT2D eigenvalue weighted by Crippen LogP contribution is -2.19. The Bertz CT molecular complexity index is 453. The fourth-order valence-corrected chi connectivity index (χ4v) is 1.96. The van der Waals surface area contributed by atoms with Crippen molar-refractivity contribution in [1.29, 1.82) is 0 Å². The summed E-state index contributed by atoms with van der Waals surface area (Å²) in [5.41, 5.74) is 3.65. The molecule has 2 rings (SSSR count). The Hall–Kier alpha value is -1.33. The van der Waals surface area contributed by atoms with E-state index in [9.17, 15) is 0 Å². The van der Waals surface area contributed by atoms with Gasteiger partial charge in [-0.25, -0.2) is 15.0 Å². The molecule has 0 saturated carbocycles. The molecule has 5 heteroatoms. The Morgan fingerprint density at radius 3 is 2.94 bits per heavy atom. The van der Waals surface area contributed by atoms with Crippen LogP contribution in [0.1, 0.15) is 19.5 Å². The number of rotatable bonds is 5. The first kappa shape index (κ1) is 12.1. The summed E-state index contributed by atoms with van der Waals surface area (Å²) < 4.78 is 0. The molecule has 4 nitrogen and oxygen atoms in total. The molecule has 90 valence electrons. The van der Waals surface area contributed by atoms with Gasteiger partial charge in [0.1, 0.15) is 5.69 Å². The monoisotopic (exact) mass is 248 g/mol. The molecule has 0 spiro atoms. The topological polar surface area (TPSA) is 50.7 Å². The normalized spacial score (nSPS) is 11.0. The highest BCUT2D eigenvalue weighted by atomic mass is 32.1. The van der Waals surface area contributed by atoms with Gasteiger partial charge in [-0.1, -0.05) is 13.8 Å². The summed E-state index contributed by atoms with van der Waals surface area (Å²) in [4.78, 5) is 12.9. The summed E-state index contributed by atoms with van der Waals surface area (Å²) in [5.74, 6) is 1.35. The fourth-order valence-electron chi connectivity index (χ4n) is 1.43. The summed E-state index contributed by atoms with van der Waals surface area (Å²) in [5, 5.41) is 5.32. The minimum absolute atomic E-state index is 0.648. The van der Waals surface area contributed by atoms with Gasteiger partial charge in [0.15, 0.2) is 5.82 Å². The zero-order valence-electron chi connectivity index (χ0n) is 10.1. The molecule has 0 atom stereocenters. The smallest absolute Gasteiger partial charge is 0.179 e. The second-order valence-electron chi connectivity index (χ2n) is 4.27. The summed E-state index contributed by atoms with van der Waals surface area (Å²) in [6, 6.07) is 1.93. The van der Waals surface area contributed by atoms with Crippen LogP contribution < -0.4 is 5.32 Å². The molecule has 0 aromatic carbocycles. The van der Waals surface area contributed by atoms with Crippen molar-refractivity contribution in [2.45, 2.75) is 20.4 Å². The Morgan fingerprint density at radius 1 is 1.35 bits per heavy atom. The Morgan fingerprint density at radius 2 is 2.24 bits per heavy atom. The molecular formula is C12H16N4S. The number of nitrogens with one attached hydrogen (secondary N) is 1. The van der Waals surface area contributed by atoms with Crippen molar-refractivity contribution in [3.05, 3.63) is 28.8 Å². The van der Waals surface area contributed by atoms with Crippen LogP contribution in [-0.4, -0.2) is 21.5 Å². The zero-order valence-corrected chi connectivity index (χ0v) is 10.9. The van der Waals surface area contributed by atoms with Crippen LogP contribution in [0.4, 0.5) is 0 Å². The molecule has 0 fully saturated rings. The quantitative estimate of drug-likeness (QED) is 0.882. The number of hydrogen-bond acceptors (Lipinski definition) is 5. The standard InChI is InChI=1S/C12H16N4S/c1-9(2)5-13-6-10-3-4-14-12(16-10)11-7-17-8-15-11/h3-4,7-9,13H,5-6H2,1-2H3. The largest absolute Gasteiger partial charge is 0.311 e. The Balaban J connectivity index is 2.02. The van der Waals surface area contributed by atoms with Crippen LogP contribution in [0, 0.1) is 5.92 Å². The Labute approximate surface area is 105 Å². The molecule has 2 aromatic rings. The van der Waals surface area contributed by atoms with Gasteiger partial charge >= 0.3 is 0 Å². The van der Waals surface area contributed by atoms with E-state index in [0.717, 1.165) is 24.5 Å². The van der Waals surface area contributed by atoms with E-state index in [-0.39, 0.29) is 0 Å². The first-order chi connectivity index (χ1) is 8.25. The predicted molar refractivity (Wildman–Crippen MR) is 69.7 cm³/mol. The molecule has 0 unspecified atom stereocenters. The zero-order chi connectivity index (χ0) is 12.1. The van der Waals surface area contributed by atoms with Gasteiger partial charge in [-0.3, -0.25) is 0 Å². The molecule has 0 radical (unpaired) electrons. The van der Waals surface area contributed by atoms with Gasteiger partial charge in [-0.05, 0) is 18.5 Å². The van der Waals surface area contributed by atoms with Crippen molar-refractivity contribution >= 4 is 11.3 Å². The highest BCUT2D eigenvalue weighted by Crippen LogP contribution is 2.13. The molecule has 2 aromatic heterocycles. The van der Waals surface area contributed by atoms with Crippen LogP contribution in [0.15, 0.2) is 23.2 Å². The van der Waals surface area contributed by atoms with E-state index in [2.05, 4.69) is 34.1 Å². The van der Waals surface area contributed by atoms with Crippen LogP contribution in [0.5, 0.6) is 0 Å². The summed E-state index contributed by atoms with van der Waals surface area (Å²) in [7, 11) is 0. The minimum atomic E-state index is 0.648. The highest BCUT2D eigenvalue weighted by molar-refractivity contribution is 7.07. The predicted octanol–water partition coefficient (Wildman–Crippen LogP) is 2.35. The Kier molecular flexibility index (Phi) is 4.17. The van der Waals surface area contributed by atoms with Gasteiger partial charge < -0.3 is 5.32 Å². The molecule has 0 amide bonds. The number of aromatic nitrogens is 3. The van der Waals surface area contributed by atoms with Crippen molar-refractivity contribution in [2.75, 3.05) is 6.54 Å². The number of thiazole rings is 1. The van der Waals surface area contributed by atoms with E-state index in [4.69, 9.17) is 0 Å². The van der Waals surface area contributed by atoms with Gasteiger partial charge in [0, 0.05) is 18.1 Å². The average Bonchev–Trinajstić information content (AvgIpc) is 2.82. The van der Waals surface area contributed by atoms with E-state index in [1.165, 1.54) is 0 Å². The third kappa shape index (κ3) is 3.57. The van der Waals surface area contributed by atoms with Crippen molar-refractivity contribution in [3.8, 4) is 11.5 Å². The van der Waals surface area contributed by atoms with E-state index in [0.29, 0.717) is 11.7 Å². The van der Waals surface area contributed by atoms with Gasteiger partial charge in [-0.2, -0.15) is 0 Å². The van der Waals surface area contributed by atoms with Gasteiger partial charge in [0.2, 0.25) is 0 Å². The molecule has 17 heavy (non-hydrogen) atoms. The molecule has 0 aliphatic rings. The maximum atomic E-state index is 4.48. The maximum Gasteiger partial charge on any atom is 0.179 e. The van der Waals surface area contributed by atoms with Gasteiger partial charge in [0.25, 0.3) is 0 Å². The van der Waals surface area contributed by atoms with Gasteiger partial charge in [0.05, 0.1) is 11.2 Å². The first-order valence-electron chi connectivity index (χ1n) is 5.67. The van der Waals surface area contributed by atoms with Crippen LogP contribution >= 0.6 is 11.3 Å². The summed E-state index contributed by atoms with van der Waals surface area (Å²) in [6.07, 6.45) is 1.79. The van der Waals surface area contributed by atoms with Crippen molar-refractivity contribution in [1.82, 2.24) is 20.3 Å². The molecule has 2 heterocycles. The SMILES string of the molecule is CC(C)CNCc1ccnc(-c2cscn2)n1. The highest BCUT2D eigenvalue weighted by Gasteiger charge is 2.04. The maximum absolute atomic E-state index is 4.48. The molecule has 1 N–H and O–H groups in total. The summed E-state index contributed by atoms with van der Waals surface area (Å²) >= 11 is 1.56. The number of nitrogens with zero attached hydrogens (tertiary/aromatic N) is 3. The second-order valence-corrected chi connectivity index (χ2v) is 4.99. The fraction of sp³-hybridized carbons (Fsp3) is 0.417. The van der Waals surface area contributed by atoms with E-state index in [1.807, 2.05) is 11.4 Å². The molecule has 0 aliphatic carbocycles. The lowest BCUT2D eigenvalue weighted by Gasteiger charge is -2.07. The van der Waals surface area contributed by atoms with E-state index in [1.54, 1.807) is 23.0 Å². The first-order valence-corrected chi connectivity index (χ1v) is 6.61. The third-order valence-corrected chi connectivity index (χ3v) is 2.82. The minimum Gasteiger partial charge on any atom is -0.311 e. The van der Waals surface area contributed by atoms with E-state index >= 15 is 0 Å². The molecule has 0 saturated heterocycles.